The number of hydrogen-bond donors (Lipinski definition) is 4. The molecule has 0 unspecified atom stereocenters. The Kier molecular flexibility index (Phi) is 4.67. The Bertz CT molecular complexity index is 976. The van der Waals surface area contributed by atoms with Crippen molar-refractivity contribution in [1.82, 2.24) is 5.32 Å². The second-order valence-electron chi connectivity index (χ2n) is 5.96. The molecule has 0 spiro atoms. The summed E-state index contributed by atoms with van der Waals surface area (Å²) in [5.74, 6) is -2.42. The van der Waals surface area contributed by atoms with Crippen LogP contribution >= 0.6 is 7.60 Å². The number of furan rings is 1. The van der Waals surface area contributed by atoms with Crippen LogP contribution in [0.15, 0.2) is 46.9 Å². The Morgan fingerprint density at radius 1 is 1.16 bits per heavy atom. The van der Waals surface area contributed by atoms with Gasteiger partial charge in [-0.1, -0.05) is 30.3 Å². The van der Waals surface area contributed by atoms with Gasteiger partial charge in [-0.15, -0.1) is 0 Å². The van der Waals surface area contributed by atoms with Gasteiger partial charge in [0.2, 0.25) is 0 Å². The summed E-state index contributed by atoms with van der Waals surface area (Å²) in [6.45, 7) is 1.26. The highest BCUT2D eigenvalue weighted by Gasteiger charge is 2.29. The lowest BCUT2D eigenvalue weighted by atomic mass is 10.0. The van der Waals surface area contributed by atoms with Gasteiger partial charge in [0.05, 0.1) is 0 Å². The van der Waals surface area contributed by atoms with Crippen LogP contribution in [-0.2, 0) is 15.8 Å². The molecule has 132 valence electrons. The van der Waals surface area contributed by atoms with E-state index in [1.807, 2.05) is 30.3 Å². The predicted molar refractivity (Wildman–Crippen MR) is 93.5 cm³/mol. The molecule has 2 atom stereocenters. The maximum absolute atomic E-state index is 11.4. The average Bonchev–Trinajstić information content (AvgIpc) is 2.90. The first-order valence-corrected chi connectivity index (χ1v) is 9.38. The topological polar surface area (TPSA) is 120 Å². The van der Waals surface area contributed by atoms with Crippen LogP contribution in [0.4, 0.5) is 0 Å². The molecule has 3 rings (SSSR count). The van der Waals surface area contributed by atoms with Crippen LogP contribution in [0.5, 0.6) is 0 Å². The molecule has 0 bridgehead atoms. The van der Waals surface area contributed by atoms with Crippen molar-refractivity contribution < 1.29 is 28.7 Å². The standard InChI is InChI=1S/C17H18NO6P/c1-10(25(21,22)23)18-14(17(19)20)8-11-6-7-13-12-4-2-3-5-15(12)24-16(13)9-11/h2-7,9-10,14,18H,8H2,1H3,(H,19,20)(H2,21,22,23)/t10-,14+/m1/s1. The Morgan fingerprint density at radius 2 is 1.84 bits per heavy atom. The normalized spacial score (nSPS) is 14.7. The summed E-state index contributed by atoms with van der Waals surface area (Å²) >= 11 is 0. The van der Waals surface area contributed by atoms with Crippen LogP contribution in [-0.4, -0.2) is 32.7 Å². The van der Waals surface area contributed by atoms with Crippen molar-refractivity contribution in [3.05, 3.63) is 48.0 Å². The number of carbonyl (C=O) groups is 1. The smallest absolute Gasteiger partial charge is 0.342 e. The molecule has 0 aliphatic heterocycles. The number of carboxylic acids is 1. The van der Waals surface area contributed by atoms with E-state index in [1.165, 1.54) is 6.92 Å². The maximum Gasteiger partial charge on any atom is 0.342 e. The molecule has 7 nitrogen and oxygen atoms in total. The van der Waals surface area contributed by atoms with E-state index in [9.17, 15) is 14.5 Å². The van der Waals surface area contributed by atoms with E-state index in [2.05, 4.69) is 5.32 Å². The first kappa shape index (κ1) is 17.6. The molecule has 0 radical (unpaired) electrons. The van der Waals surface area contributed by atoms with E-state index >= 15 is 0 Å². The highest BCUT2D eigenvalue weighted by atomic mass is 31.2. The van der Waals surface area contributed by atoms with E-state index in [0.29, 0.717) is 11.1 Å². The molecule has 4 N–H and O–H groups in total. The molecule has 0 aliphatic carbocycles. The number of aliphatic carboxylic acids is 1. The summed E-state index contributed by atoms with van der Waals surface area (Å²) in [5.41, 5.74) is 2.09. The maximum atomic E-state index is 11.4. The zero-order chi connectivity index (χ0) is 18.2. The lowest BCUT2D eigenvalue weighted by Crippen LogP contribution is -2.43. The van der Waals surface area contributed by atoms with Crippen molar-refractivity contribution in [2.24, 2.45) is 0 Å². The summed E-state index contributed by atoms with van der Waals surface area (Å²) in [6.07, 6.45) is 0.0761. The zero-order valence-electron chi connectivity index (χ0n) is 13.4. The number of rotatable bonds is 6. The summed E-state index contributed by atoms with van der Waals surface area (Å²) in [6, 6.07) is 11.9. The van der Waals surface area contributed by atoms with Crippen LogP contribution in [0.3, 0.4) is 0 Å². The molecule has 25 heavy (non-hydrogen) atoms. The molecule has 2 aromatic carbocycles. The van der Waals surface area contributed by atoms with Crippen LogP contribution in [0, 0.1) is 0 Å². The quantitative estimate of drug-likeness (QED) is 0.497. The van der Waals surface area contributed by atoms with Gasteiger partial charge in [-0.3, -0.25) is 14.7 Å². The molecular weight excluding hydrogens is 345 g/mol. The molecule has 1 heterocycles. The predicted octanol–water partition coefficient (Wildman–Crippen LogP) is 2.70. The van der Waals surface area contributed by atoms with Gasteiger partial charge in [-0.25, -0.2) is 0 Å². The SMILES string of the molecule is C[C@H](N[C@@H](Cc1ccc2c(c1)oc1ccccc12)C(=O)O)P(=O)(O)O. The van der Waals surface area contributed by atoms with E-state index in [4.69, 9.17) is 14.2 Å². The van der Waals surface area contributed by atoms with Crippen molar-refractivity contribution in [3.63, 3.8) is 0 Å². The van der Waals surface area contributed by atoms with Gasteiger partial charge in [0.15, 0.2) is 0 Å². The third kappa shape index (κ3) is 3.75. The van der Waals surface area contributed by atoms with Crippen molar-refractivity contribution in [1.29, 1.82) is 0 Å². The average molecular weight is 363 g/mol. The highest BCUT2D eigenvalue weighted by molar-refractivity contribution is 7.52. The Morgan fingerprint density at radius 3 is 2.52 bits per heavy atom. The second kappa shape index (κ2) is 6.61. The summed E-state index contributed by atoms with van der Waals surface area (Å²) in [5, 5.41) is 13.7. The summed E-state index contributed by atoms with van der Waals surface area (Å²) in [7, 11) is -4.41. The first-order chi connectivity index (χ1) is 11.8. The number of para-hydroxylation sites is 1. The molecule has 3 aromatic rings. The lowest BCUT2D eigenvalue weighted by molar-refractivity contribution is -0.139. The van der Waals surface area contributed by atoms with Gasteiger partial charge in [-0.2, -0.15) is 0 Å². The fourth-order valence-electron chi connectivity index (χ4n) is 2.74. The van der Waals surface area contributed by atoms with Gasteiger partial charge in [0.1, 0.15) is 23.0 Å². The number of nitrogens with one attached hydrogen (secondary N) is 1. The third-order valence-corrected chi connectivity index (χ3v) is 5.29. The molecule has 0 amide bonds. The molecular formula is C17H18NO6P. The monoisotopic (exact) mass is 363 g/mol. The molecule has 1 aromatic heterocycles. The van der Waals surface area contributed by atoms with Crippen molar-refractivity contribution in [2.45, 2.75) is 25.2 Å². The fourth-order valence-corrected chi connectivity index (χ4v) is 3.11. The van der Waals surface area contributed by atoms with Crippen LogP contribution < -0.4 is 5.32 Å². The van der Waals surface area contributed by atoms with Gasteiger partial charge in [0.25, 0.3) is 0 Å². The van der Waals surface area contributed by atoms with Gasteiger partial charge >= 0.3 is 13.6 Å². The minimum atomic E-state index is -4.41. The zero-order valence-corrected chi connectivity index (χ0v) is 14.3. The van der Waals surface area contributed by atoms with E-state index < -0.39 is 25.4 Å². The third-order valence-electron chi connectivity index (χ3n) is 4.13. The van der Waals surface area contributed by atoms with Crippen molar-refractivity contribution in [3.8, 4) is 0 Å². The molecule has 0 saturated carbocycles. The van der Waals surface area contributed by atoms with Crippen molar-refractivity contribution in [2.75, 3.05) is 0 Å². The molecule has 0 saturated heterocycles. The largest absolute Gasteiger partial charge is 0.480 e. The van der Waals surface area contributed by atoms with E-state index in [1.54, 1.807) is 12.1 Å². The van der Waals surface area contributed by atoms with Gasteiger partial charge < -0.3 is 19.3 Å². The lowest BCUT2D eigenvalue weighted by Gasteiger charge is -2.21. The van der Waals surface area contributed by atoms with Gasteiger partial charge in [-0.05, 0) is 31.0 Å². The van der Waals surface area contributed by atoms with E-state index in [0.717, 1.165) is 16.4 Å². The Balaban J connectivity index is 1.88. The Hall–Kier alpha value is -2.18. The molecule has 0 aliphatic rings. The summed E-state index contributed by atoms with van der Waals surface area (Å²) in [4.78, 5) is 29.7. The van der Waals surface area contributed by atoms with Crippen LogP contribution in [0.25, 0.3) is 21.9 Å². The minimum absolute atomic E-state index is 0.0761. The fraction of sp³-hybridized carbons (Fsp3) is 0.235. The van der Waals surface area contributed by atoms with Crippen LogP contribution in [0.2, 0.25) is 0 Å². The number of benzene rings is 2. The minimum Gasteiger partial charge on any atom is -0.480 e. The number of fused-ring (bicyclic) bond motifs is 3. The molecule has 8 heteroatoms. The summed E-state index contributed by atoms with van der Waals surface area (Å²) < 4.78 is 17.0. The van der Waals surface area contributed by atoms with E-state index in [-0.39, 0.29) is 6.42 Å². The Labute approximate surface area is 143 Å². The number of carboxylic acid groups (broad SMARTS) is 1. The van der Waals surface area contributed by atoms with Gasteiger partial charge in [0, 0.05) is 10.8 Å². The highest BCUT2D eigenvalue weighted by Crippen LogP contribution is 2.39. The molecule has 0 fully saturated rings. The second-order valence-corrected chi connectivity index (χ2v) is 7.91. The van der Waals surface area contributed by atoms with Crippen LogP contribution in [0.1, 0.15) is 12.5 Å². The first-order valence-electron chi connectivity index (χ1n) is 7.70. The number of hydrogen-bond acceptors (Lipinski definition) is 4. The van der Waals surface area contributed by atoms with Crippen molar-refractivity contribution >= 4 is 35.5 Å².